The molecule has 1 aromatic rings. The Balaban J connectivity index is 2.85. The smallest absolute Gasteiger partial charge is 0.313 e. The van der Waals surface area contributed by atoms with Crippen LogP contribution in [0.4, 0.5) is 5.95 Å². The van der Waals surface area contributed by atoms with Crippen molar-refractivity contribution in [2.75, 3.05) is 37.5 Å². The van der Waals surface area contributed by atoms with Crippen molar-refractivity contribution in [2.45, 2.75) is 25.5 Å². The number of aromatic nitrogens is 3. The number of rotatable bonds is 9. The fourth-order valence-electron chi connectivity index (χ4n) is 1.63. The van der Waals surface area contributed by atoms with Crippen LogP contribution in [0.5, 0.6) is 0 Å². The predicted molar refractivity (Wildman–Crippen MR) is 73.8 cm³/mol. The normalized spacial score (nSPS) is 10.7. The molecule has 0 unspecified atom stereocenters. The summed E-state index contributed by atoms with van der Waals surface area (Å²) in [4.78, 5) is 12.7. The van der Waals surface area contributed by atoms with E-state index in [1.165, 1.54) is 11.8 Å². The molecule has 1 rings (SSSR count). The van der Waals surface area contributed by atoms with E-state index in [9.17, 15) is 4.79 Å². The highest BCUT2D eigenvalue weighted by molar-refractivity contribution is 7.99. The number of ether oxygens (including phenoxy) is 1. The van der Waals surface area contributed by atoms with E-state index in [1.807, 2.05) is 18.4 Å². The first kappa shape index (κ1) is 15.8. The van der Waals surface area contributed by atoms with E-state index in [1.54, 1.807) is 7.11 Å². The maximum atomic E-state index is 10.6. The molecule has 0 aliphatic carbocycles. The lowest BCUT2D eigenvalue weighted by atomic mass is 10.5. The summed E-state index contributed by atoms with van der Waals surface area (Å²) in [6.45, 7) is 6.87. The summed E-state index contributed by atoms with van der Waals surface area (Å²) in [6.07, 6.45) is 0. The third kappa shape index (κ3) is 4.39. The second kappa shape index (κ2) is 8.00. The van der Waals surface area contributed by atoms with Gasteiger partial charge in [-0.2, -0.15) is 0 Å². The quantitative estimate of drug-likeness (QED) is 0.677. The van der Waals surface area contributed by atoms with Crippen LogP contribution in [-0.4, -0.2) is 58.4 Å². The third-order valence-corrected chi connectivity index (χ3v) is 3.52. The van der Waals surface area contributed by atoms with E-state index in [2.05, 4.69) is 15.1 Å². The van der Waals surface area contributed by atoms with Gasteiger partial charge in [0, 0.05) is 26.7 Å². The van der Waals surface area contributed by atoms with Gasteiger partial charge in [-0.1, -0.05) is 11.8 Å². The summed E-state index contributed by atoms with van der Waals surface area (Å²) in [5, 5.41) is 17.6. The van der Waals surface area contributed by atoms with E-state index in [0.29, 0.717) is 18.3 Å². The first-order valence-electron chi connectivity index (χ1n) is 6.15. The Labute approximate surface area is 116 Å². The van der Waals surface area contributed by atoms with Crippen molar-refractivity contribution >= 4 is 23.7 Å². The van der Waals surface area contributed by atoms with Gasteiger partial charge >= 0.3 is 5.97 Å². The van der Waals surface area contributed by atoms with Gasteiger partial charge < -0.3 is 14.7 Å². The molecule has 0 amide bonds. The molecule has 0 saturated heterocycles. The van der Waals surface area contributed by atoms with Crippen LogP contribution >= 0.6 is 11.8 Å². The molecule has 0 spiro atoms. The highest BCUT2D eigenvalue weighted by Gasteiger charge is 2.17. The van der Waals surface area contributed by atoms with Gasteiger partial charge in [-0.25, -0.2) is 0 Å². The summed E-state index contributed by atoms with van der Waals surface area (Å²) in [5.74, 6) is -0.110. The zero-order valence-corrected chi connectivity index (χ0v) is 12.3. The second-order valence-electron chi connectivity index (χ2n) is 3.78. The highest BCUT2D eigenvalue weighted by Crippen LogP contribution is 2.21. The van der Waals surface area contributed by atoms with Crippen LogP contribution in [0.25, 0.3) is 0 Å². The van der Waals surface area contributed by atoms with Gasteiger partial charge in [-0.3, -0.25) is 9.36 Å². The maximum absolute atomic E-state index is 10.6. The molecule has 0 aliphatic heterocycles. The minimum Gasteiger partial charge on any atom is -0.481 e. The molecule has 0 saturated carbocycles. The number of aliphatic carboxylic acids is 1. The largest absolute Gasteiger partial charge is 0.481 e. The first-order valence-corrected chi connectivity index (χ1v) is 7.14. The SMILES string of the molecule is CCN(CCOC)c1nnc(SCC(=O)O)n1CC. The van der Waals surface area contributed by atoms with Crippen LogP contribution in [0.3, 0.4) is 0 Å². The number of carboxylic acids is 1. The lowest BCUT2D eigenvalue weighted by Gasteiger charge is -2.21. The Morgan fingerprint density at radius 2 is 2.21 bits per heavy atom. The van der Waals surface area contributed by atoms with Crippen molar-refractivity contribution in [3.63, 3.8) is 0 Å². The minimum atomic E-state index is -0.857. The second-order valence-corrected chi connectivity index (χ2v) is 4.72. The minimum absolute atomic E-state index is 0.0116. The molecule has 8 heteroatoms. The summed E-state index contributed by atoms with van der Waals surface area (Å²) in [6, 6.07) is 0. The monoisotopic (exact) mass is 288 g/mol. The molecule has 0 aromatic carbocycles. The Kier molecular flexibility index (Phi) is 6.65. The van der Waals surface area contributed by atoms with Crippen LogP contribution in [0.1, 0.15) is 13.8 Å². The molecule has 0 radical (unpaired) electrons. The number of hydrogen-bond donors (Lipinski definition) is 1. The molecular formula is C11H20N4O3S. The molecule has 1 heterocycles. The van der Waals surface area contributed by atoms with Gasteiger partial charge in [0.25, 0.3) is 0 Å². The number of anilines is 1. The van der Waals surface area contributed by atoms with E-state index in [-0.39, 0.29) is 5.75 Å². The van der Waals surface area contributed by atoms with Crippen molar-refractivity contribution in [3.05, 3.63) is 0 Å². The van der Waals surface area contributed by atoms with Gasteiger partial charge in [-0.05, 0) is 13.8 Å². The van der Waals surface area contributed by atoms with Gasteiger partial charge in [0.1, 0.15) is 0 Å². The Morgan fingerprint density at radius 1 is 1.47 bits per heavy atom. The molecule has 1 aromatic heterocycles. The molecule has 0 fully saturated rings. The average Bonchev–Trinajstić information content (AvgIpc) is 2.80. The van der Waals surface area contributed by atoms with Crippen LogP contribution in [0.15, 0.2) is 5.16 Å². The fourth-order valence-corrected chi connectivity index (χ4v) is 2.34. The predicted octanol–water partition coefficient (Wildman–Crippen LogP) is 0.947. The number of methoxy groups -OCH3 is 1. The molecule has 0 bridgehead atoms. The molecular weight excluding hydrogens is 268 g/mol. The van der Waals surface area contributed by atoms with Crippen LogP contribution in [-0.2, 0) is 16.1 Å². The molecule has 19 heavy (non-hydrogen) atoms. The van der Waals surface area contributed by atoms with Crippen molar-refractivity contribution in [1.82, 2.24) is 14.8 Å². The Hall–Kier alpha value is -1.28. The number of carboxylic acid groups (broad SMARTS) is 1. The summed E-state index contributed by atoms with van der Waals surface area (Å²) >= 11 is 1.18. The van der Waals surface area contributed by atoms with Crippen LogP contribution in [0.2, 0.25) is 0 Å². The van der Waals surface area contributed by atoms with E-state index in [0.717, 1.165) is 19.0 Å². The number of thioether (sulfide) groups is 1. The number of likely N-dealkylation sites (N-methyl/N-ethyl adjacent to an activating group) is 1. The Morgan fingerprint density at radius 3 is 2.74 bits per heavy atom. The highest BCUT2D eigenvalue weighted by atomic mass is 32.2. The average molecular weight is 288 g/mol. The van der Waals surface area contributed by atoms with E-state index >= 15 is 0 Å². The van der Waals surface area contributed by atoms with Crippen molar-refractivity contribution in [3.8, 4) is 0 Å². The van der Waals surface area contributed by atoms with Gasteiger partial charge in [-0.15, -0.1) is 10.2 Å². The van der Waals surface area contributed by atoms with Gasteiger partial charge in [0.05, 0.1) is 12.4 Å². The van der Waals surface area contributed by atoms with E-state index < -0.39 is 5.97 Å². The molecule has 0 atom stereocenters. The molecule has 1 N–H and O–H groups in total. The summed E-state index contributed by atoms with van der Waals surface area (Å²) in [5.41, 5.74) is 0. The van der Waals surface area contributed by atoms with E-state index in [4.69, 9.17) is 9.84 Å². The first-order chi connectivity index (χ1) is 9.13. The van der Waals surface area contributed by atoms with Crippen molar-refractivity contribution < 1.29 is 14.6 Å². The van der Waals surface area contributed by atoms with Crippen LogP contribution < -0.4 is 4.90 Å². The fraction of sp³-hybridized carbons (Fsp3) is 0.727. The van der Waals surface area contributed by atoms with Crippen LogP contribution in [0, 0.1) is 0 Å². The number of hydrogen-bond acceptors (Lipinski definition) is 6. The lowest BCUT2D eigenvalue weighted by Crippen LogP contribution is -2.29. The van der Waals surface area contributed by atoms with Gasteiger partial charge in [0.15, 0.2) is 5.16 Å². The molecule has 108 valence electrons. The molecule has 0 aliphatic rings. The standard InChI is InChI=1S/C11H20N4O3S/c1-4-14(6-7-18-3)10-12-13-11(15(10)5-2)19-8-9(16)17/h4-8H2,1-3H3,(H,16,17). The maximum Gasteiger partial charge on any atom is 0.313 e. The zero-order valence-electron chi connectivity index (χ0n) is 11.5. The summed E-state index contributed by atoms with van der Waals surface area (Å²) in [7, 11) is 1.66. The number of carbonyl (C=O) groups is 1. The lowest BCUT2D eigenvalue weighted by molar-refractivity contribution is -0.133. The van der Waals surface area contributed by atoms with Crippen molar-refractivity contribution in [2.24, 2.45) is 0 Å². The van der Waals surface area contributed by atoms with Gasteiger partial charge in [0.2, 0.25) is 5.95 Å². The topological polar surface area (TPSA) is 80.5 Å². The summed E-state index contributed by atoms with van der Waals surface area (Å²) < 4.78 is 7.00. The Bertz CT molecular complexity index is 411. The third-order valence-electron chi connectivity index (χ3n) is 2.57. The molecule has 7 nitrogen and oxygen atoms in total. The van der Waals surface area contributed by atoms with Crippen molar-refractivity contribution in [1.29, 1.82) is 0 Å². The number of nitrogens with zero attached hydrogens (tertiary/aromatic N) is 4. The zero-order chi connectivity index (χ0) is 14.3.